The standard InChI is InChI=1S/C50H55F6N15O6/c1-27-43(15-30(19-57-27)47(73)61-35-14-33(26-72)45(76-7)38(18-35)50(54,55)56)70-24-42(64-65-70)37-22-60-69(29(37)3)10-9-39-44(71-25-41(63-66-71)36-21-59-68(5)28(36)2)16-31(20-58-39)48(74)62-40-17-34(49(51,52)53)13-32(46(40)77-8)23-67(4)11-12-75-6/h13-22,24-25,63-66,72H,9-12,23,26H2,1-8H3,(H,61,73)(H,62,74). The van der Waals surface area contributed by atoms with Crippen molar-refractivity contribution in [1.82, 2.24) is 56.4 Å². The number of rotatable bonds is 19. The van der Waals surface area contributed by atoms with Crippen molar-refractivity contribution in [2.45, 2.75) is 59.2 Å². The third kappa shape index (κ3) is 11.9. The van der Waals surface area contributed by atoms with E-state index in [1.807, 2.05) is 20.9 Å². The number of hydrogen-bond donors (Lipinski definition) is 7. The normalized spacial score (nSPS) is 13.7. The Balaban J connectivity index is 1.03. The minimum atomic E-state index is -4.84. The highest BCUT2D eigenvalue weighted by Crippen LogP contribution is 2.41. The first kappa shape index (κ1) is 55.0. The molecule has 27 heteroatoms. The number of pyridine rings is 2. The monoisotopic (exact) mass is 1080 g/mol. The number of alkyl halides is 6. The average Bonchev–Trinajstić information content (AvgIpc) is 4.23. The van der Waals surface area contributed by atoms with Crippen molar-refractivity contribution in [3.8, 4) is 11.5 Å². The molecule has 4 aromatic heterocycles. The molecule has 8 rings (SSSR count). The van der Waals surface area contributed by atoms with Gasteiger partial charge in [0.25, 0.3) is 11.8 Å². The van der Waals surface area contributed by atoms with Gasteiger partial charge in [-0.1, -0.05) is 0 Å². The molecule has 0 aliphatic carbocycles. The number of nitrogens with zero attached hydrogens (tertiary/aromatic N) is 9. The second-order valence-corrected chi connectivity index (χ2v) is 17.9. The molecule has 0 unspecified atom stereocenters. The van der Waals surface area contributed by atoms with Crippen LogP contribution in [0, 0.1) is 20.8 Å². The first-order valence-corrected chi connectivity index (χ1v) is 23.6. The quantitative estimate of drug-likeness (QED) is 0.0438. The molecule has 2 aromatic carbocycles. The van der Waals surface area contributed by atoms with Gasteiger partial charge in [-0.25, -0.2) is 0 Å². The van der Waals surface area contributed by atoms with Gasteiger partial charge in [0.15, 0.2) is 0 Å². The van der Waals surface area contributed by atoms with Gasteiger partial charge in [0.2, 0.25) is 0 Å². The second kappa shape index (κ2) is 22.5. The fraction of sp³-hybridized carbons (Fsp3) is 0.320. The smallest absolute Gasteiger partial charge is 0.420 e. The van der Waals surface area contributed by atoms with Crippen molar-refractivity contribution in [3.05, 3.63) is 141 Å². The molecule has 0 saturated heterocycles. The number of hydrogen-bond acceptors (Lipinski definition) is 17. The molecule has 0 saturated carbocycles. The lowest BCUT2D eigenvalue weighted by molar-refractivity contribution is -0.139. The molecule has 0 fully saturated rings. The van der Waals surface area contributed by atoms with E-state index in [4.69, 9.17) is 19.2 Å². The fourth-order valence-electron chi connectivity index (χ4n) is 8.62. The Morgan fingerprint density at radius 1 is 0.740 bits per heavy atom. The van der Waals surface area contributed by atoms with Gasteiger partial charge in [0, 0.05) is 104 Å². The third-order valence-electron chi connectivity index (χ3n) is 12.8. The molecule has 77 heavy (non-hydrogen) atoms. The van der Waals surface area contributed by atoms with Crippen LogP contribution in [0.5, 0.6) is 11.5 Å². The zero-order chi connectivity index (χ0) is 55.5. The summed E-state index contributed by atoms with van der Waals surface area (Å²) < 4.78 is 104. The number of anilines is 4. The number of halogens is 6. The number of aliphatic hydroxyl groups is 1. The van der Waals surface area contributed by atoms with E-state index in [0.29, 0.717) is 59.4 Å². The minimum absolute atomic E-state index is 0.0245. The number of aliphatic hydroxyl groups excluding tert-OH is 1. The molecule has 2 aliphatic rings. The maximum absolute atomic E-state index is 14.3. The molecule has 21 nitrogen and oxygen atoms in total. The number of carbonyl (C=O) groups is 2. The van der Waals surface area contributed by atoms with Crippen LogP contribution in [-0.2, 0) is 50.3 Å². The number of methoxy groups -OCH3 is 3. The zero-order valence-corrected chi connectivity index (χ0v) is 43.0. The number of likely N-dealkylation sites (N-methyl/N-ethyl adjacent to an activating group) is 1. The molecule has 0 spiro atoms. The fourth-order valence-corrected chi connectivity index (χ4v) is 8.62. The molecule has 7 N–H and O–H groups in total. The number of benzene rings is 2. The summed E-state index contributed by atoms with van der Waals surface area (Å²) in [4.78, 5) is 38.4. The lowest BCUT2D eigenvalue weighted by Gasteiger charge is -2.22. The summed E-state index contributed by atoms with van der Waals surface area (Å²) in [7, 11) is 7.44. The van der Waals surface area contributed by atoms with Crippen molar-refractivity contribution < 1.29 is 55.2 Å². The van der Waals surface area contributed by atoms with Crippen LogP contribution in [0.3, 0.4) is 0 Å². The molecule has 6 aromatic rings. The van der Waals surface area contributed by atoms with E-state index < -0.39 is 47.7 Å². The second-order valence-electron chi connectivity index (χ2n) is 17.9. The Morgan fingerprint density at radius 3 is 1.97 bits per heavy atom. The number of ether oxygens (including phenoxy) is 3. The van der Waals surface area contributed by atoms with Crippen LogP contribution < -0.4 is 52.0 Å². The number of nitrogens with one attached hydrogen (secondary N) is 6. The maximum atomic E-state index is 14.3. The highest BCUT2D eigenvalue weighted by atomic mass is 19.4. The molecule has 2 aliphatic heterocycles. The molecule has 2 amide bonds. The van der Waals surface area contributed by atoms with Crippen LogP contribution in [0.2, 0.25) is 0 Å². The topological polar surface area (TPSA) is 225 Å². The summed E-state index contributed by atoms with van der Waals surface area (Å²) in [6, 6.07) is 6.83. The average molecular weight is 1080 g/mol. The van der Waals surface area contributed by atoms with Crippen LogP contribution in [0.1, 0.15) is 76.9 Å². The van der Waals surface area contributed by atoms with Gasteiger partial charge in [0.05, 0.1) is 102 Å². The van der Waals surface area contributed by atoms with Crippen molar-refractivity contribution in [2.24, 2.45) is 7.05 Å². The number of aromatic nitrogens is 6. The predicted octanol–water partition coefficient (Wildman–Crippen LogP) is 6.36. The van der Waals surface area contributed by atoms with E-state index in [0.717, 1.165) is 42.3 Å². The number of hydrazine groups is 4. The molecular formula is C50H55F6N15O6. The highest BCUT2D eigenvalue weighted by molar-refractivity contribution is 6.06. The third-order valence-corrected chi connectivity index (χ3v) is 12.8. The van der Waals surface area contributed by atoms with Crippen LogP contribution >= 0.6 is 0 Å². The maximum Gasteiger partial charge on any atom is 0.420 e. The lowest BCUT2D eigenvalue weighted by atomic mass is 10.1. The largest absolute Gasteiger partial charge is 0.496 e. The summed E-state index contributed by atoms with van der Waals surface area (Å²) >= 11 is 0. The van der Waals surface area contributed by atoms with Gasteiger partial charge >= 0.3 is 12.4 Å². The molecule has 408 valence electrons. The minimum Gasteiger partial charge on any atom is -0.496 e. The highest BCUT2D eigenvalue weighted by Gasteiger charge is 2.37. The Hall–Kier alpha value is -8.24. The molecule has 0 atom stereocenters. The van der Waals surface area contributed by atoms with Crippen molar-refractivity contribution in [2.75, 3.05) is 62.2 Å². The first-order chi connectivity index (χ1) is 36.6. The van der Waals surface area contributed by atoms with Crippen molar-refractivity contribution in [1.29, 1.82) is 0 Å². The van der Waals surface area contributed by atoms with Crippen LogP contribution in [-0.4, -0.2) is 92.9 Å². The van der Waals surface area contributed by atoms with Crippen molar-refractivity contribution in [3.63, 3.8) is 0 Å². The molecular weight excluding hydrogens is 1020 g/mol. The van der Waals surface area contributed by atoms with E-state index in [-0.39, 0.29) is 52.3 Å². The van der Waals surface area contributed by atoms with Gasteiger partial charge in [-0.05, 0) is 64.2 Å². The summed E-state index contributed by atoms with van der Waals surface area (Å²) in [5.74, 6) is -2.00. The Morgan fingerprint density at radius 2 is 1.36 bits per heavy atom. The Bertz CT molecular complexity index is 3260. The lowest BCUT2D eigenvalue weighted by Crippen LogP contribution is -2.37. The van der Waals surface area contributed by atoms with Gasteiger partial charge in [-0.2, -0.15) is 36.5 Å². The van der Waals surface area contributed by atoms with Crippen LogP contribution in [0.25, 0.3) is 11.4 Å². The molecule has 0 bridgehead atoms. The van der Waals surface area contributed by atoms with Gasteiger partial charge in [-0.15, -0.1) is 11.1 Å². The van der Waals surface area contributed by atoms with Gasteiger partial charge < -0.3 is 40.8 Å². The summed E-state index contributed by atoms with van der Waals surface area (Å²) in [5, 5.41) is 27.1. The number of aryl methyl sites for hydroxylation is 4. The van der Waals surface area contributed by atoms with E-state index in [9.17, 15) is 41.0 Å². The Kier molecular flexibility index (Phi) is 16.1. The van der Waals surface area contributed by atoms with E-state index in [1.54, 1.807) is 69.1 Å². The van der Waals surface area contributed by atoms with Gasteiger partial charge in [0.1, 0.15) is 11.5 Å². The van der Waals surface area contributed by atoms with Crippen LogP contribution in [0.4, 0.5) is 49.1 Å². The van der Waals surface area contributed by atoms with Gasteiger partial charge in [-0.3, -0.25) is 43.8 Å². The van der Waals surface area contributed by atoms with E-state index in [2.05, 4.69) is 47.7 Å². The van der Waals surface area contributed by atoms with E-state index >= 15 is 0 Å². The zero-order valence-electron chi connectivity index (χ0n) is 43.0. The SMILES string of the molecule is COCCN(C)Cc1cc(C(F)(F)F)cc(NC(=O)c2cnc(CCn3ncc(C4=CN(c5cc(C(=O)Nc6cc(CO)c(OC)c(C(F)(F)F)c6)cnc5C)NN4)c3C)c(N3C=C(c4cnn(C)c4C)NN3)c2)c1OC. The molecule has 6 heterocycles. The summed E-state index contributed by atoms with van der Waals surface area (Å²) in [5.41, 5.74) is 16.2. The summed E-state index contributed by atoms with van der Waals surface area (Å²) in [6.45, 7) is 5.84. The molecule has 0 radical (unpaired) electrons. The first-order valence-electron chi connectivity index (χ1n) is 23.6. The summed E-state index contributed by atoms with van der Waals surface area (Å²) in [6.07, 6.45) is 0.172. The van der Waals surface area contributed by atoms with Crippen molar-refractivity contribution >= 4 is 46.0 Å². The number of carbonyl (C=O) groups excluding carboxylic acids is 2. The predicted molar refractivity (Wildman–Crippen MR) is 271 cm³/mol. The number of amides is 2. The Labute approximate surface area is 437 Å². The van der Waals surface area contributed by atoms with Crippen LogP contribution in [0.15, 0.2) is 73.6 Å². The van der Waals surface area contributed by atoms with E-state index in [1.165, 1.54) is 38.7 Å².